The molecule has 1 aromatic rings. The van der Waals surface area contributed by atoms with Gasteiger partial charge in [0.15, 0.2) is 0 Å². The Balaban J connectivity index is 0. The normalized spacial score (nSPS) is 8.08. The molecule has 0 nitrogen and oxygen atoms in total. The first-order valence-electron chi connectivity index (χ1n) is 4.27. The Labute approximate surface area is 102 Å². The van der Waals surface area contributed by atoms with Gasteiger partial charge in [-0.3, -0.25) is 0 Å². The van der Waals surface area contributed by atoms with Crippen LogP contribution in [0, 0.1) is 6.07 Å². The Hall–Kier alpha value is 0.324. The summed E-state index contributed by atoms with van der Waals surface area (Å²) in [7, 11) is 0. The van der Waals surface area contributed by atoms with Crippen molar-refractivity contribution in [3.05, 3.63) is 35.9 Å². The van der Waals surface area contributed by atoms with Gasteiger partial charge in [0, 0.05) is 32.7 Å². The van der Waals surface area contributed by atoms with Crippen LogP contribution in [-0.4, -0.2) is 0 Å². The topological polar surface area (TPSA) is 0 Å². The summed E-state index contributed by atoms with van der Waals surface area (Å²) in [6, 6.07) is 11.3. The molecule has 0 bridgehead atoms. The predicted octanol–water partition coefficient (Wildman–Crippen LogP) is 3.63. The predicted molar refractivity (Wildman–Crippen MR) is 50.7 cm³/mol. The van der Waals surface area contributed by atoms with Crippen molar-refractivity contribution in [1.29, 1.82) is 0 Å². The molecule has 0 atom stereocenters. The Morgan fingerprint density at radius 3 is 2.00 bits per heavy atom. The first-order valence-corrected chi connectivity index (χ1v) is 4.27. The molecule has 1 aromatic carbocycles. The van der Waals surface area contributed by atoms with E-state index < -0.39 is 0 Å². The molecule has 0 saturated carbocycles. The Morgan fingerprint density at radius 2 is 1.75 bits per heavy atom. The summed E-state index contributed by atoms with van der Waals surface area (Å²) < 4.78 is 0. The van der Waals surface area contributed by atoms with E-state index >= 15 is 0 Å². The molecule has 0 aromatic heterocycles. The Kier molecular flexibility index (Phi) is 11.6. The third-order valence-electron chi connectivity index (χ3n) is 1.36. The van der Waals surface area contributed by atoms with Crippen molar-refractivity contribution < 1.29 is 32.7 Å². The minimum atomic E-state index is 0. The SMILES string of the molecule is CC.CC(C)c1[c-]cccc1.[Y]. The van der Waals surface area contributed by atoms with Crippen LogP contribution in [0.5, 0.6) is 0 Å². The van der Waals surface area contributed by atoms with E-state index in [-0.39, 0.29) is 32.7 Å². The quantitative estimate of drug-likeness (QED) is 0.655. The zero-order valence-electron chi connectivity index (χ0n) is 8.46. The van der Waals surface area contributed by atoms with E-state index in [0.29, 0.717) is 5.92 Å². The van der Waals surface area contributed by atoms with Crippen molar-refractivity contribution >= 4 is 0 Å². The fourth-order valence-corrected chi connectivity index (χ4v) is 0.766. The molecule has 0 heterocycles. The molecule has 0 saturated heterocycles. The Bertz CT molecular complexity index is 168. The molecule has 0 unspecified atom stereocenters. The van der Waals surface area contributed by atoms with Gasteiger partial charge in [-0.15, -0.1) is 0 Å². The number of benzene rings is 1. The van der Waals surface area contributed by atoms with Crippen molar-refractivity contribution in [3.63, 3.8) is 0 Å². The molecule has 0 aliphatic heterocycles. The third-order valence-corrected chi connectivity index (χ3v) is 1.36. The van der Waals surface area contributed by atoms with Crippen LogP contribution in [0.25, 0.3) is 0 Å². The molecule has 12 heavy (non-hydrogen) atoms. The molecule has 1 rings (SSSR count). The van der Waals surface area contributed by atoms with Gasteiger partial charge in [-0.25, -0.2) is 0 Å². The van der Waals surface area contributed by atoms with Crippen molar-refractivity contribution in [2.24, 2.45) is 0 Å². The molecular weight excluding hydrogens is 221 g/mol. The molecule has 0 N–H and O–H groups in total. The van der Waals surface area contributed by atoms with Crippen LogP contribution in [0.3, 0.4) is 0 Å². The second kappa shape index (κ2) is 9.41. The summed E-state index contributed by atoms with van der Waals surface area (Å²) >= 11 is 0. The molecule has 65 valence electrons. The van der Waals surface area contributed by atoms with Gasteiger partial charge in [0.05, 0.1) is 0 Å². The van der Waals surface area contributed by atoms with Gasteiger partial charge in [-0.2, -0.15) is 35.9 Å². The minimum absolute atomic E-state index is 0. The first kappa shape index (κ1) is 14.8. The number of hydrogen-bond donors (Lipinski definition) is 0. The van der Waals surface area contributed by atoms with E-state index in [2.05, 4.69) is 26.0 Å². The summed E-state index contributed by atoms with van der Waals surface area (Å²) in [6.07, 6.45) is 0. The van der Waals surface area contributed by atoms with Crippen LogP contribution in [-0.2, 0) is 32.7 Å². The average Bonchev–Trinajstić information content (AvgIpc) is 2.10. The van der Waals surface area contributed by atoms with E-state index in [4.69, 9.17) is 0 Å². The maximum Gasteiger partial charge on any atom is 0 e. The monoisotopic (exact) mass is 238 g/mol. The zero-order chi connectivity index (χ0) is 8.69. The van der Waals surface area contributed by atoms with Crippen LogP contribution >= 0.6 is 0 Å². The smallest absolute Gasteiger partial charge is 0 e. The van der Waals surface area contributed by atoms with Crippen molar-refractivity contribution in [2.75, 3.05) is 0 Å². The van der Waals surface area contributed by atoms with Crippen LogP contribution in [0.2, 0.25) is 0 Å². The summed E-state index contributed by atoms with van der Waals surface area (Å²) in [5, 5.41) is 0. The summed E-state index contributed by atoms with van der Waals surface area (Å²) in [4.78, 5) is 0. The first-order chi connectivity index (χ1) is 5.30. The average molecular weight is 238 g/mol. The van der Waals surface area contributed by atoms with E-state index in [1.165, 1.54) is 5.56 Å². The maximum atomic E-state index is 3.17. The summed E-state index contributed by atoms with van der Waals surface area (Å²) in [5.74, 6) is 0.603. The summed E-state index contributed by atoms with van der Waals surface area (Å²) in [5.41, 5.74) is 1.29. The molecule has 0 fully saturated rings. The fourth-order valence-electron chi connectivity index (χ4n) is 0.766. The molecule has 0 spiro atoms. The van der Waals surface area contributed by atoms with Crippen molar-refractivity contribution in [2.45, 2.75) is 33.6 Å². The van der Waals surface area contributed by atoms with E-state index in [9.17, 15) is 0 Å². The molecular formula is C11H17Y-. The molecule has 1 radical (unpaired) electrons. The molecule has 0 aliphatic rings. The number of rotatable bonds is 1. The van der Waals surface area contributed by atoms with E-state index in [1.54, 1.807) is 0 Å². The van der Waals surface area contributed by atoms with Gasteiger partial charge in [0.1, 0.15) is 0 Å². The van der Waals surface area contributed by atoms with Crippen LogP contribution in [0.4, 0.5) is 0 Å². The second-order valence-corrected chi connectivity index (χ2v) is 2.47. The van der Waals surface area contributed by atoms with Gasteiger partial charge < -0.3 is 0 Å². The van der Waals surface area contributed by atoms with Gasteiger partial charge in [0.2, 0.25) is 0 Å². The van der Waals surface area contributed by atoms with Crippen LogP contribution in [0.1, 0.15) is 39.2 Å². The van der Waals surface area contributed by atoms with Crippen molar-refractivity contribution in [3.8, 4) is 0 Å². The van der Waals surface area contributed by atoms with E-state index in [1.807, 2.05) is 32.0 Å². The van der Waals surface area contributed by atoms with Crippen molar-refractivity contribution in [1.82, 2.24) is 0 Å². The van der Waals surface area contributed by atoms with Crippen LogP contribution < -0.4 is 0 Å². The largest absolute Gasteiger partial charge is 0.180 e. The van der Waals surface area contributed by atoms with Gasteiger partial charge >= 0.3 is 0 Å². The summed E-state index contributed by atoms with van der Waals surface area (Å²) in [6.45, 7) is 8.34. The van der Waals surface area contributed by atoms with Gasteiger partial charge in [-0.05, 0) is 5.92 Å². The standard InChI is InChI=1S/C9H11.C2H6.Y/c1-8(2)9-6-4-3-5-7-9;1-2;/h3-6,8H,1-2H3;1-2H3;/q-1;;. The third kappa shape index (κ3) is 5.91. The molecule has 0 aliphatic carbocycles. The Morgan fingerprint density at radius 1 is 1.17 bits per heavy atom. The fraction of sp³-hybridized carbons (Fsp3) is 0.455. The minimum Gasteiger partial charge on any atom is -0.180 e. The zero-order valence-corrected chi connectivity index (χ0v) is 11.3. The number of hydrogen-bond acceptors (Lipinski definition) is 0. The van der Waals surface area contributed by atoms with Gasteiger partial charge in [0.25, 0.3) is 0 Å². The van der Waals surface area contributed by atoms with Gasteiger partial charge in [-0.1, -0.05) is 27.7 Å². The molecule has 0 amide bonds. The van der Waals surface area contributed by atoms with E-state index in [0.717, 1.165) is 0 Å². The molecule has 1 heteroatoms. The second-order valence-electron chi connectivity index (χ2n) is 2.47. The maximum absolute atomic E-state index is 3.17. The van der Waals surface area contributed by atoms with Crippen LogP contribution in [0.15, 0.2) is 24.3 Å².